The molecule has 8 heteroatoms. The molecule has 4 rings (SSSR count). The normalized spacial score (nSPS) is 12.8. The smallest absolute Gasteiger partial charge is 0.249 e. The zero-order valence-corrected chi connectivity index (χ0v) is 22.7. The van der Waals surface area contributed by atoms with Crippen LogP contribution in [0.1, 0.15) is 36.5 Å². The minimum atomic E-state index is -0.349. The highest BCUT2D eigenvalue weighted by Gasteiger charge is 2.19. The molecule has 1 fully saturated rings. The molecule has 0 atom stereocenters. The molecule has 0 radical (unpaired) electrons. The number of carbonyl (C=O) groups is 1. The first-order valence-electron chi connectivity index (χ1n) is 12.4. The van der Waals surface area contributed by atoms with Crippen molar-refractivity contribution < 1.29 is 14.3 Å². The van der Waals surface area contributed by atoms with Gasteiger partial charge in [-0.2, -0.15) is 0 Å². The van der Waals surface area contributed by atoms with Gasteiger partial charge < -0.3 is 25.8 Å². The number of nitrogens with one attached hydrogen (secondary N) is 2. The second-order valence-electron chi connectivity index (χ2n) is 9.03. The average Bonchev–Trinajstić information content (AvgIpc) is 3.73. The molecule has 1 heterocycles. The molecule has 0 saturated heterocycles. The zero-order valence-electron chi connectivity index (χ0n) is 21.9. The van der Waals surface area contributed by atoms with Gasteiger partial charge in [0, 0.05) is 46.1 Å². The molecule has 1 aromatic heterocycles. The van der Waals surface area contributed by atoms with Crippen molar-refractivity contribution in [1.82, 2.24) is 4.98 Å². The molecule has 1 saturated carbocycles. The Morgan fingerprint density at radius 3 is 2.71 bits per heavy atom. The highest BCUT2D eigenvalue weighted by atomic mass is 35.5. The van der Waals surface area contributed by atoms with Crippen LogP contribution in [0, 0.1) is 24.7 Å². The lowest BCUT2D eigenvalue weighted by Gasteiger charge is -2.15. The van der Waals surface area contributed by atoms with Gasteiger partial charge in [-0.3, -0.25) is 4.79 Å². The standard InChI is InChI=1S/C30H31ClN4O3/c1-5-20-14-26(25(32)17-24(20)31)35-28(36)15-21(11-10-19-8-9-19)23-7-6-12-33-30(23)34-22-13-18(2)29(38-4)27(16-22)37-3/h6-7,12-17,19H,5,8-9,32H2,1-4H3,(H,33,34)(H,35,36)/b21-15+. The van der Waals surface area contributed by atoms with E-state index < -0.39 is 0 Å². The lowest BCUT2D eigenvalue weighted by molar-refractivity contribution is -0.111. The van der Waals surface area contributed by atoms with Gasteiger partial charge in [0.15, 0.2) is 11.5 Å². The number of amides is 1. The summed E-state index contributed by atoms with van der Waals surface area (Å²) in [6, 6.07) is 10.9. The van der Waals surface area contributed by atoms with E-state index in [1.54, 1.807) is 32.5 Å². The maximum Gasteiger partial charge on any atom is 0.249 e. The number of aromatic nitrogens is 1. The first-order valence-corrected chi connectivity index (χ1v) is 12.8. The number of nitrogens with zero attached hydrogens (tertiary/aromatic N) is 1. The Balaban J connectivity index is 1.69. The maximum absolute atomic E-state index is 13.1. The number of halogens is 1. The number of ether oxygens (including phenoxy) is 2. The van der Waals surface area contributed by atoms with Crippen LogP contribution in [0.25, 0.3) is 5.57 Å². The summed E-state index contributed by atoms with van der Waals surface area (Å²) in [6.45, 7) is 3.93. The van der Waals surface area contributed by atoms with E-state index in [0.717, 1.165) is 36.1 Å². The number of aryl methyl sites for hydroxylation is 2. The summed E-state index contributed by atoms with van der Waals surface area (Å²) in [5, 5.41) is 6.81. The van der Waals surface area contributed by atoms with Gasteiger partial charge in [-0.25, -0.2) is 4.98 Å². The van der Waals surface area contributed by atoms with E-state index in [1.807, 2.05) is 38.1 Å². The van der Waals surface area contributed by atoms with E-state index in [0.29, 0.717) is 50.8 Å². The average molecular weight is 531 g/mol. The molecule has 3 aromatic rings. The van der Waals surface area contributed by atoms with Crippen molar-refractivity contribution in [3.05, 3.63) is 70.4 Å². The summed E-state index contributed by atoms with van der Waals surface area (Å²) in [5.41, 5.74) is 10.8. The maximum atomic E-state index is 13.1. The number of methoxy groups -OCH3 is 2. The van der Waals surface area contributed by atoms with Crippen LogP contribution in [0.2, 0.25) is 5.02 Å². The Kier molecular flexibility index (Phi) is 8.45. The number of hydrogen-bond acceptors (Lipinski definition) is 6. The summed E-state index contributed by atoms with van der Waals surface area (Å²) >= 11 is 6.26. The molecule has 0 unspecified atom stereocenters. The molecule has 1 aliphatic carbocycles. The van der Waals surface area contributed by atoms with Crippen LogP contribution >= 0.6 is 11.6 Å². The number of pyridine rings is 1. The number of rotatable bonds is 8. The zero-order chi connectivity index (χ0) is 27.2. The highest BCUT2D eigenvalue weighted by Crippen LogP contribution is 2.36. The van der Waals surface area contributed by atoms with Crippen molar-refractivity contribution in [3.63, 3.8) is 0 Å². The quantitative estimate of drug-likeness (QED) is 0.177. The Morgan fingerprint density at radius 2 is 2.03 bits per heavy atom. The van der Waals surface area contributed by atoms with E-state index >= 15 is 0 Å². The molecule has 0 spiro atoms. The minimum absolute atomic E-state index is 0.349. The number of nitrogens with two attached hydrogens (primary N) is 1. The van der Waals surface area contributed by atoms with Crippen LogP contribution in [0.3, 0.4) is 0 Å². The van der Waals surface area contributed by atoms with Crippen molar-refractivity contribution in [1.29, 1.82) is 0 Å². The van der Waals surface area contributed by atoms with Gasteiger partial charge in [-0.05, 0) is 67.6 Å². The fourth-order valence-electron chi connectivity index (χ4n) is 3.99. The number of carbonyl (C=O) groups excluding carboxylic acids is 1. The lowest BCUT2D eigenvalue weighted by Crippen LogP contribution is -2.11. The fourth-order valence-corrected chi connectivity index (χ4v) is 4.29. The minimum Gasteiger partial charge on any atom is -0.493 e. The predicted molar refractivity (Wildman–Crippen MR) is 154 cm³/mol. The molecule has 1 amide bonds. The summed E-state index contributed by atoms with van der Waals surface area (Å²) in [4.78, 5) is 17.7. The van der Waals surface area contributed by atoms with Crippen molar-refractivity contribution in [2.45, 2.75) is 33.1 Å². The number of anilines is 4. The van der Waals surface area contributed by atoms with Crippen LogP contribution in [0.15, 0.2) is 48.7 Å². The van der Waals surface area contributed by atoms with Crippen LogP contribution in [0.5, 0.6) is 11.5 Å². The number of benzene rings is 2. The molecule has 7 nitrogen and oxygen atoms in total. The lowest BCUT2D eigenvalue weighted by atomic mass is 10.1. The monoisotopic (exact) mass is 530 g/mol. The fraction of sp³-hybridized carbons (Fsp3) is 0.267. The second kappa shape index (κ2) is 11.9. The third-order valence-corrected chi connectivity index (χ3v) is 6.50. The van der Waals surface area contributed by atoms with Crippen molar-refractivity contribution >= 4 is 46.0 Å². The third-order valence-electron chi connectivity index (χ3n) is 6.15. The summed E-state index contributed by atoms with van der Waals surface area (Å²) in [7, 11) is 3.20. The number of allylic oxidation sites excluding steroid dienone is 1. The summed E-state index contributed by atoms with van der Waals surface area (Å²) in [5.74, 6) is 8.30. The molecular weight excluding hydrogens is 500 g/mol. The van der Waals surface area contributed by atoms with Crippen molar-refractivity contribution in [3.8, 4) is 23.3 Å². The van der Waals surface area contributed by atoms with Gasteiger partial charge in [0.1, 0.15) is 5.82 Å². The van der Waals surface area contributed by atoms with E-state index in [1.165, 1.54) is 6.08 Å². The second-order valence-corrected chi connectivity index (χ2v) is 9.44. The Labute approximate surface area is 228 Å². The molecule has 38 heavy (non-hydrogen) atoms. The molecule has 0 bridgehead atoms. The van der Waals surface area contributed by atoms with E-state index in [2.05, 4.69) is 27.5 Å². The first kappa shape index (κ1) is 26.9. The predicted octanol–water partition coefficient (Wildman–Crippen LogP) is 6.38. The third kappa shape index (κ3) is 6.39. The van der Waals surface area contributed by atoms with Gasteiger partial charge in [-0.15, -0.1) is 0 Å². The van der Waals surface area contributed by atoms with Crippen LogP contribution < -0.4 is 25.8 Å². The highest BCUT2D eigenvalue weighted by molar-refractivity contribution is 6.32. The Morgan fingerprint density at radius 1 is 1.24 bits per heavy atom. The molecule has 0 aliphatic heterocycles. The Bertz CT molecular complexity index is 1450. The van der Waals surface area contributed by atoms with Gasteiger partial charge in [0.2, 0.25) is 5.91 Å². The van der Waals surface area contributed by atoms with E-state index in [9.17, 15) is 4.79 Å². The van der Waals surface area contributed by atoms with E-state index in [-0.39, 0.29) is 5.91 Å². The molecule has 2 aromatic carbocycles. The van der Waals surface area contributed by atoms with Crippen LogP contribution in [0.4, 0.5) is 22.9 Å². The number of hydrogen-bond donors (Lipinski definition) is 3. The van der Waals surface area contributed by atoms with Gasteiger partial charge in [-0.1, -0.05) is 30.4 Å². The van der Waals surface area contributed by atoms with Gasteiger partial charge in [0.05, 0.1) is 25.6 Å². The van der Waals surface area contributed by atoms with E-state index in [4.69, 9.17) is 26.8 Å². The van der Waals surface area contributed by atoms with Crippen LogP contribution in [-0.2, 0) is 11.2 Å². The van der Waals surface area contributed by atoms with Gasteiger partial charge in [0.25, 0.3) is 0 Å². The SMILES string of the molecule is CCc1cc(NC(=O)/C=C(\C#CC2CC2)c2cccnc2Nc2cc(C)c(OC)c(OC)c2)c(N)cc1Cl. The molecule has 196 valence electrons. The Hall–Kier alpha value is -4.15. The van der Waals surface area contributed by atoms with Crippen molar-refractivity contribution in [2.75, 3.05) is 30.6 Å². The topological polar surface area (TPSA) is 98.5 Å². The van der Waals surface area contributed by atoms with Crippen LogP contribution in [-0.4, -0.2) is 25.1 Å². The number of nitrogen functional groups attached to an aromatic ring is 1. The first-order chi connectivity index (χ1) is 18.3. The molecule has 4 N–H and O–H groups in total. The molecular formula is C30H31ClN4O3. The van der Waals surface area contributed by atoms with Crippen molar-refractivity contribution in [2.24, 2.45) is 5.92 Å². The summed E-state index contributed by atoms with van der Waals surface area (Å²) in [6.07, 6.45) is 6.02. The summed E-state index contributed by atoms with van der Waals surface area (Å²) < 4.78 is 11.0. The van der Waals surface area contributed by atoms with Gasteiger partial charge >= 0.3 is 0 Å². The molecule has 1 aliphatic rings. The largest absolute Gasteiger partial charge is 0.493 e.